The molecule has 0 aliphatic heterocycles. The van der Waals surface area contributed by atoms with Crippen LogP contribution < -0.4 is 5.32 Å². The van der Waals surface area contributed by atoms with Crippen LogP contribution in [0.25, 0.3) is 11.0 Å². The third-order valence-electron chi connectivity index (χ3n) is 5.50. The van der Waals surface area contributed by atoms with Crippen molar-refractivity contribution in [2.24, 2.45) is 0 Å². The van der Waals surface area contributed by atoms with E-state index in [9.17, 15) is 9.18 Å². The fourth-order valence-electron chi connectivity index (χ4n) is 3.87. The third-order valence-corrected chi connectivity index (χ3v) is 5.50. The number of carbonyl (C=O) groups excluding carboxylic acids is 1. The maximum absolute atomic E-state index is 13.2. The summed E-state index contributed by atoms with van der Waals surface area (Å²) in [6.45, 7) is 3.20. The number of rotatable bonds is 5. The first kappa shape index (κ1) is 16.8. The van der Waals surface area contributed by atoms with Crippen molar-refractivity contribution in [2.45, 2.75) is 38.1 Å². The molecule has 4 nitrogen and oxygen atoms in total. The number of amides is 1. The van der Waals surface area contributed by atoms with Gasteiger partial charge >= 0.3 is 0 Å². The van der Waals surface area contributed by atoms with Gasteiger partial charge in [0.25, 0.3) is 0 Å². The quantitative estimate of drug-likeness (QED) is 0.761. The molecule has 4 rings (SSSR count). The molecule has 134 valence electrons. The molecule has 1 heterocycles. The van der Waals surface area contributed by atoms with E-state index >= 15 is 0 Å². The van der Waals surface area contributed by atoms with Crippen molar-refractivity contribution in [1.29, 1.82) is 0 Å². The molecule has 1 aromatic heterocycles. The number of hydrogen-bond acceptors (Lipinski definition) is 2. The molecule has 26 heavy (non-hydrogen) atoms. The van der Waals surface area contributed by atoms with Crippen molar-refractivity contribution in [3.05, 3.63) is 65.7 Å². The monoisotopic (exact) mass is 351 g/mol. The number of halogens is 1. The zero-order chi connectivity index (χ0) is 18.1. The van der Waals surface area contributed by atoms with E-state index in [1.54, 1.807) is 12.1 Å². The summed E-state index contributed by atoms with van der Waals surface area (Å²) >= 11 is 0. The number of imidazole rings is 1. The molecule has 2 aromatic carbocycles. The molecule has 0 atom stereocenters. The van der Waals surface area contributed by atoms with E-state index in [1.807, 2.05) is 31.2 Å². The van der Waals surface area contributed by atoms with E-state index in [1.165, 1.54) is 12.1 Å². The summed E-state index contributed by atoms with van der Waals surface area (Å²) in [5.41, 5.74) is 2.46. The minimum atomic E-state index is -0.500. The highest BCUT2D eigenvalue weighted by molar-refractivity contribution is 5.89. The average Bonchev–Trinajstić information content (AvgIpc) is 2.91. The van der Waals surface area contributed by atoms with Gasteiger partial charge in [0.2, 0.25) is 5.91 Å². The van der Waals surface area contributed by atoms with Gasteiger partial charge in [-0.2, -0.15) is 0 Å². The van der Waals surface area contributed by atoms with Crippen LogP contribution >= 0.6 is 0 Å². The van der Waals surface area contributed by atoms with E-state index < -0.39 is 5.41 Å². The zero-order valence-electron chi connectivity index (χ0n) is 14.8. The number of nitrogens with one attached hydrogen (secondary N) is 1. The van der Waals surface area contributed by atoms with Crippen LogP contribution in [0.1, 0.15) is 30.7 Å². The minimum Gasteiger partial charge on any atom is -0.354 e. The summed E-state index contributed by atoms with van der Waals surface area (Å²) in [5, 5.41) is 3.09. The number of aryl methyl sites for hydroxylation is 1. The van der Waals surface area contributed by atoms with Crippen molar-refractivity contribution in [2.75, 3.05) is 6.54 Å². The summed E-state index contributed by atoms with van der Waals surface area (Å²) in [6.07, 6.45) is 2.66. The average molecular weight is 351 g/mol. The molecule has 0 unspecified atom stereocenters. The second kappa shape index (κ2) is 6.56. The summed E-state index contributed by atoms with van der Waals surface area (Å²) in [4.78, 5) is 17.4. The number of carbonyl (C=O) groups is 1. The largest absolute Gasteiger partial charge is 0.354 e. The van der Waals surface area contributed by atoms with Crippen LogP contribution in [0.4, 0.5) is 4.39 Å². The van der Waals surface area contributed by atoms with Crippen LogP contribution in [-0.2, 0) is 16.8 Å². The van der Waals surface area contributed by atoms with E-state index in [-0.39, 0.29) is 11.7 Å². The van der Waals surface area contributed by atoms with Gasteiger partial charge in [0, 0.05) is 13.1 Å². The zero-order valence-corrected chi connectivity index (χ0v) is 14.8. The fraction of sp³-hybridized carbons (Fsp3) is 0.333. The molecule has 1 aliphatic carbocycles. The van der Waals surface area contributed by atoms with Gasteiger partial charge in [-0.1, -0.05) is 30.7 Å². The second-order valence-electron chi connectivity index (χ2n) is 7.00. The van der Waals surface area contributed by atoms with Crippen molar-refractivity contribution >= 4 is 16.9 Å². The molecule has 0 radical (unpaired) electrons. The number of nitrogens with zero attached hydrogens (tertiary/aromatic N) is 2. The Labute approximate surface area is 152 Å². The highest BCUT2D eigenvalue weighted by Crippen LogP contribution is 2.43. The lowest BCUT2D eigenvalue weighted by molar-refractivity contribution is -0.129. The minimum absolute atomic E-state index is 0.0393. The van der Waals surface area contributed by atoms with Gasteiger partial charge in [-0.15, -0.1) is 0 Å². The Morgan fingerprint density at radius 1 is 1.19 bits per heavy atom. The van der Waals surface area contributed by atoms with Gasteiger partial charge in [0.1, 0.15) is 11.6 Å². The van der Waals surface area contributed by atoms with Gasteiger partial charge in [-0.05, 0) is 49.6 Å². The molecule has 1 saturated carbocycles. The Morgan fingerprint density at radius 3 is 2.62 bits per heavy atom. The molecule has 0 saturated heterocycles. The van der Waals surface area contributed by atoms with Gasteiger partial charge in [-0.25, -0.2) is 9.37 Å². The summed E-state index contributed by atoms with van der Waals surface area (Å²) in [7, 11) is 0. The molecular formula is C21H22FN3O. The summed E-state index contributed by atoms with van der Waals surface area (Å²) in [5.74, 6) is 0.709. The first-order valence-corrected chi connectivity index (χ1v) is 9.06. The van der Waals surface area contributed by atoms with Crippen LogP contribution in [0.3, 0.4) is 0 Å². The van der Waals surface area contributed by atoms with E-state index in [4.69, 9.17) is 0 Å². The molecule has 5 heteroatoms. The highest BCUT2D eigenvalue weighted by Gasteiger charge is 2.45. The number of fused-ring (bicyclic) bond motifs is 1. The Morgan fingerprint density at radius 2 is 1.92 bits per heavy atom. The highest BCUT2D eigenvalue weighted by atomic mass is 19.1. The molecule has 3 aromatic rings. The predicted molar refractivity (Wildman–Crippen MR) is 99.4 cm³/mol. The van der Waals surface area contributed by atoms with E-state index in [2.05, 4.69) is 14.9 Å². The number of aromatic nitrogens is 2. The lowest BCUT2D eigenvalue weighted by Crippen LogP contribution is -2.49. The normalized spacial score (nSPS) is 15.6. The second-order valence-corrected chi connectivity index (χ2v) is 7.00. The predicted octanol–water partition coefficient (Wildman–Crippen LogP) is 3.72. The maximum Gasteiger partial charge on any atom is 0.230 e. The van der Waals surface area contributed by atoms with Crippen LogP contribution in [0.2, 0.25) is 0 Å². The molecular weight excluding hydrogens is 329 g/mol. The number of hydrogen-bond donors (Lipinski definition) is 1. The van der Waals surface area contributed by atoms with Crippen LogP contribution in [0.15, 0.2) is 48.5 Å². The van der Waals surface area contributed by atoms with Crippen LogP contribution in [0.5, 0.6) is 0 Å². The third kappa shape index (κ3) is 2.77. The lowest BCUT2D eigenvalue weighted by Gasteiger charge is -2.40. The van der Waals surface area contributed by atoms with Crippen LogP contribution in [-0.4, -0.2) is 22.0 Å². The Balaban J connectivity index is 1.46. The maximum atomic E-state index is 13.2. The number of para-hydroxylation sites is 2. The van der Waals surface area contributed by atoms with Crippen molar-refractivity contribution in [3.8, 4) is 0 Å². The van der Waals surface area contributed by atoms with Gasteiger partial charge < -0.3 is 9.88 Å². The summed E-state index contributed by atoms with van der Waals surface area (Å²) < 4.78 is 15.3. The Bertz CT molecular complexity index is 942. The van der Waals surface area contributed by atoms with Crippen molar-refractivity contribution in [3.63, 3.8) is 0 Å². The molecule has 1 amide bonds. The Hall–Kier alpha value is -2.69. The van der Waals surface area contributed by atoms with E-state index in [0.717, 1.165) is 41.7 Å². The number of benzene rings is 2. The molecule has 0 bridgehead atoms. The topological polar surface area (TPSA) is 46.9 Å². The fourth-order valence-corrected chi connectivity index (χ4v) is 3.87. The van der Waals surface area contributed by atoms with Crippen molar-refractivity contribution < 1.29 is 9.18 Å². The van der Waals surface area contributed by atoms with Gasteiger partial charge in [-0.3, -0.25) is 4.79 Å². The van der Waals surface area contributed by atoms with Gasteiger partial charge in [0.05, 0.1) is 16.4 Å². The SMILES string of the molecule is Cc1nc2ccccc2n1CCNC(=O)C1(c2ccc(F)cc2)CCC1. The first-order chi connectivity index (χ1) is 12.6. The molecule has 1 aliphatic rings. The van der Waals surface area contributed by atoms with E-state index in [0.29, 0.717) is 13.1 Å². The lowest BCUT2D eigenvalue weighted by atomic mass is 9.64. The molecule has 0 spiro atoms. The van der Waals surface area contributed by atoms with Crippen LogP contribution in [0, 0.1) is 12.7 Å². The molecule has 1 N–H and O–H groups in total. The molecule has 1 fully saturated rings. The Kier molecular flexibility index (Phi) is 4.23. The smallest absolute Gasteiger partial charge is 0.230 e. The first-order valence-electron chi connectivity index (χ1n) is 9.06. The summed E-state index contributed by atoms with van der Waals surface area (Å²) in [6, 6.07) is 14.4. The van der Waals surface area contributed by atoms with Crippen molar-refractivity contribution in [1.82, 2.24) is 14.9 Å². The standard InChI is InChI=1S/C21H22FN3O/c1-15-24-18-5-2-3-6-19(18)25(15)14-13-23-20(26)21(11-4-12-21)16-7-9-17(22)10-8-16/h2-3,5-10H,4,11-14H2,1H3,(H,23,26). The van der Waals surface area contributed by atoms with Gasteiger partial charge in [0.15, 0.2) is 0 Å².